The van der Waals surface area contributed by atoms with Crippen LogP contribution in [-0.2, 0) is 0 Å². The molecule has 1 aliphatic heterocycles. The van der Waals surface area contributed by atoms with E-state index in [1.807, 2.05) is 13.0 Å². The van der Waals surface area contributed by atoms with Gasteiger partial charge < -0.3 is 9.47 Å². The number of allylic oxidation sites excluding steroid dienone is 1. The van der Waals surface area contributed by atoms with Gasteiger partial charge in [0.15, 0.2) is 11.5 Å². The molecule has 2 nitrogen and oxygen atoms in total. The first-order valence-electron chi connectivity index (χ1n) is 4.34. The van der Waals surface area contributed by atoms with Crippen LogP contribution in [0, 0.1) is 6.92 Å². The van der Waals surface area contributed by atoms with Gasteiger partial charge in [0, 0.05) is 4.88 Å². The average Bonchev–Trinajstić information content (AvgIpc) is 2.46. The SMILES string of the molecule is C/C=C/c1sc(C)c2c1OCCO2. The third-order valence-corrected chi connectivity index (χ3v) is 2.94. The zero-order valence-electron chi connectivity index (χ0n) is 7.79. The molecule has 0 radical (unpaired) electrons. The molecule has 0 amide bonds. The molecular formula is C10H12O2S. The summed E-state index contributed by atoms with van der Waals surface area (Å²) in [6.45, 7) is 5.39. The normalized spacial score (nSPS) is 15.2. The number of hydrogen-bond donors (Lipinski definition) is 0. The van der Waals surface area contributed by atoms with Gasteiger partial charge in [-0.25, -0.2) is 0 Å². The fourth-order valence-electron chi connectivity index (χ4n) is 1.38. The molecule has 0 aliphatic carbocycles. The lowest BCUT2D eigenvalue weighted by Gasteiger charge is -2.15. The number of rotatable bonds is 1. The summed E-state index contributed by atoms with van der Waals surface area (Å²) in [6.07, 6.45) is 4.08. The molecule has 0 saturated heterocycles. The lowest BCUT2D eigenvalue weighted by Crippen LogP contribution is -2.14. The molecule has 0 N–H and O–H groups in total. The van der Waals surface area contributed by atoms with E-state index < -0.39 is 0 Å². The van der Waals surface area contributed by atoms with Crippen molar-refractivity contribution in [2.75, 3.05) is 13.2 Å². The van der Waals surface area contributed by atoms with Gasteiger partial charge in [0.05, 0.1) is 4.88 Å². The van der Waals surface area contributed by atoms with Crippen molar-refractivity contribution < 1.29 is 9.47 Å². The van der Waals surface area contributed by atoms with Gasteiger partial charge in [0.2, 0.25) is 0 Å². The standard InChI is InChI=1S/C10H12O2S/c1-3-4-8-10-9(7(2)13-8)11-5-6-12-10/h3-4H,5-6H2,1-2H3/b4-3+. The van der Waals surface area contributed by atoms with Crippen LogP contribution in [0.4, 0.5) is 0 Å². The molecule has 0 spiro atoms. The summed E-state index contributed by atoms with van der Waals surface area (Å²) in [5.74, 6) is 1.86. The van der Waals surface area contributed by atoms with E-state index in [2.05, 4.69) is 13.0 Å². The first-order valence-corrected chi connectivity index (χ1v) is 5.16. The highest BCUT2D eigenvalue weighted by Gasteiger charge is 2.20. The van der Waals surface area contributed by atoms with Crippen molar-refractivity contribution in [2.24, 2.45) is 0 Å². The maximum absolute atomic E-state index is 5.56. The lowest BCUT2D eigenvalue weighted by atomic mass is 10.3. The number of hydrogen-bond acceptors (Lipinski definition) is 3. The van der Waals surface area contributed by atoms with E-state index in [-0.39, 0.29) is 0 Å². The Labute approximate surface area is 81.8 Å². The van der Waals surface area contributed by atoms with Gasteiger partial charge in [-0.05, 0) is 19.9 Å². The van der Waals surface area contributed by atoms with Crippen LogP contribution in [0.5, 0.6) is 11.5 Å². The quantitative estimate of drug-likeness (QED) is 0.687. The van der Waals surface area contributed by atoms with Gasteiger partial charge in [-0.3, -0.25) is 0 Å². The Kier molecular flexibility index (Phi) is 2.27. The minimum Gasteiger partial charge on any atom is -0.485 e. The molecule has 2 heterocycles. The van der Waals surface area contributed by atoms with E-state index in [0.717, 1.165) is 16.4 Å². The van der Waals surface area contributed by atoms with Crippen LogP contribution < -0.4 is 9.47 Å². The van der Waals surface area contributed by atoms with Crippen molar-refractivity contribution in [3.05, 3.63) is 15.8 Å². The molecule has 0 saturated carbocycles. The van der Waals surface area contributed by atoms with Crippen molar-refractivity contribution in [3.63, 3.8) is 0 Å². The number of aryl methyl sites for hydroxylation is 1. The van der Waals surface area contributed by atoms with Crippen molar-refractivity contribution in [3.8, 4) is 11.5 Å². The van der Waals surface area contributed by atoms with Crippen LogP contribution in [0.1, 0.15) is 16.7 Å². The molecule has 0 atom stereocenters. The van der Waals surface area contributed by atoms with E-state index in [1.165, 1.54) is 4.88 Å². The lowest BCUT2D eigenvalue weighted by molar-refractivity contribution is 0.172. The highest BCUT2D eigenvalue weighted by Crippen LogP contribution is 2.43. The zero-order valence-corrected chi connectivity index (χ0v) is 8.61. The van der Waals surface area contributed by atoms with Gasteiger partial charge in [-0.2, -0.15) is 0 Å². The maximum atomic E-state index is 5.56. The summed E-state index contributed by atoms with van der Waals surface area (Å²) in [6, 6.07) is 0. The second-order valence-electron chi connectivity index (χ2n) is 2.88. The number of fused-ring (bicyclic) bond motifs is 1. The van der Waals surface area contributed by atoms with E-state index in [4.69, 9.17) is 9.47 Å². The molecule has 2 rings (SSSR count). The molecule has 3 heteroatoms. The van der Waals surface area contributed by atoms with Crippen LogP contribution in [-0.4, -0.2) is 13.2 Å². The first-order chi connectivity index (χ1) is 6.33. The average molecular weight is 196 g/mol. The Hall–Kier alpha value is -0.960. The molecule has 0 unspecified atom stereocenters. The van der Waals surface area contributed by atoms with E-state index >= 15 is 0 Å². The second-order valence-corrected chi connectivity index (χ2v) is 4.13. The largest absolute Gasteiger partial charge is 0.485 e. The predicted molar refractivity (Wildman–Crippen MR) is 54.8 cm³/mol. The topological polar surface area (TPSA) is 18.5 Å². The monoisotopic (exact) mass is 196 g/mol. The molecule has 0 bridgehead atoms. The highest BCUT2D eigenvalue weighted by molar-refractivity contribution is 7.13. The molecule has 0 fully saturated rings. The van der Waals surface area contributed by atoms with E-state index in [9.17, 15) is 0 Å². The predicted octanol–water partition coefficient (Wildman–Crippen LogP) is 2.86. The van der Waals surface area contributed by atoms with Crippen molar-refractivity contribution in [1.29, 1.82) is 0 Å². The summed E-state index contributed by atoms with van der Waals surface area (Å²) >= 11 is 1.72. The van der Waals surface area contributed by atoms with Gasteiger partial charge >= 0.3 is 0 Å². The van der Waals surface area contributed by atoms with Crippen LogP contribution >= 0.6 is 11.3 Å². The summed E-state index contributed by atoms with van der Waals surface area (Å²) in [5.41, 5.74) is 0. The fraction of sp³-hybridized carbons (Fsp3) is 0.400. The Morgan fingerprint density at radius 1 is 1.23 bits per heavy atom. The summed E-state index contributed by atoms with van der Waals surface area (Å²) < 4.78 is 11.1. The van der Waals surface area contributed by atoms with E-state index in [1.54, 1.807) is 11.3 Å². The third-order valence-electron chi connectivity index (χ3n) is 1.91. The summed E-state index contributed by atoms with van der Waals surface area (Å²) in [5, 5.41) is 0. The Morgan fingerprint density at radius 2 is 1.92 bits per heavy atom. The Morgan fingerprint density at radius 3 is 2.62 bits per heavy atom. The highest BCUT2D eigenvalue weighted by atomic mass is 32.1. The van der Waals surface area contributed by atoms with Gasteiger partial charge in [0.25, 0.3) is 0 Å². The minimum atomic E-state index is 0.660. The molecule has 1 aromatic heterocycles. The van der Waals surface area contributed by atoms with Gasteiger partial charge in [0.1, 0.15) is 13.2 Å². The summed E-state index contributed by atoms with van der Waals surface area (Å²) in [7, 11) is 0. The van der Waals surface area contributed by atoms with Crippen molar-refractivity contribution >= 4 is 17.4 Å². The smallest absolute Gasteiger partial charge is 0.179 e. The molecule has 70 valence electrons. The van der Waals surface area contributed by atoms with Crippen LogP contribution in [0.2, 0.25) is 0 Å². The van der Waals surface area contributed by atoms with Crippen LogP contribution in [0.15, 0.2) is 6.08 Å². The minimum absolute atomic E-state index is 0.660. The molecule has 13 heavy (non-hydrogen) atoms. The molecular weight excluding hydrogens is 184 g/mol. The Bertz CT molecular complexity index is 339. The van der Waals surface area contributed by atoms with Gasteiger partial charge in [-0.15, -0.1) is 11.3 Å². The van der Waals surface area contributed by atoms with Crippen LogP contribution in [0.3, 0.4) is 0 Å². The second kappa shape index (κ2) is 3.42. The van der Waals surface area contributed by atoms with Crippen molar-refractivity contribution in [2.45, 2.75) is 13.8 Å². The van der Waals surface area contributed by atoms with Crippen LogP contribution in [0.25, 0.3) is 6.08 Å². The Balaban J connectivity index is 2.47. The van der Waals surface area contributed by atoms with Crippen molar-refractivity contribution in [1.82, 2.24) is 0 Å². The summed E-state index contributed by atoms with van der Waals surface area (Å²) in [4.78, 5) is 2.36. The maximum Gasteiger partial charge on any atom is 0.179 e. The number of ether oxygens (including phenoxy) is 2. The molecule has 0 aromatic carbocycles. The number of thiophene rings is 1. The fourth-order valence-corrected chi connectivity index (χ4v) is 2.40. The molecule has 1 aliphatic rings. The van der Waals surface area contributed by atoms with E-state index in [0.29, 0.717) is 13.2 Å². The first kappa shape index (κ1) is 8.63. The molecule has 1 aromatic rings. The third kappa shape index (κ3) is 1.44. The zero-order chi connectivity index (χ0) is 9.26. The van der Waals surface area contributed by atoms with Gasteiger partial charge in [-0.1, -0.05) is 6.08 Å².